The van der Waals surface area contributed by atoms with Crippen LogP contribution in [0.4, 0.5) is 0 Å². The minimum atomic E-state index is 0.713. The van der Waals surface area contributed by atoms with Gasteiger partial charge >= 0.3 is 0 Å². The number of hydrogen-bond donors (Lipinski definition) is 0. The van der Waals surface area contributed by atoms with Gasteiger partial charge in [-0.25, -0.2) is 0 Å². The number of halogens is 6. The van der Waals surface area contributed by atoms with Gasteiger partial charge in [0.2, 0.25) is 0 Å². The standard InChI is InChI=1S/3C42H26Cl2/c43-31-21-23-33-35(25-31)40(30-19-11-4-12-20-30)42-38(28-15-7-2-8-16-28)34-24-22-32(44)26-36(34)39(29-17-9-3-10-18-29)41(42)37(33)27-13-5-1-6-14-27;43-31-22-20-30(21-23-31)39-34-19-11-10-18-33(34)37(27-12-4-1-5-13-27)41-38(28-14-6-2-7-15-28)35-25-24-32(44)26-36(35)40(42(39)41)29-16-8-3-9-17-29;43-31-23-19-29(20-24-31)39-36-18-10-8-16-34(36)38(28-13-5-2-6-14-28)42-40(30-21-25-32(44)26-22-30)35-17-9-7-15-33(35)37(41(39)42)27-11-3-1-4-12-27/h3*1-26H. The van der Waals surface area contributed by atoms with Crippen molar-refractivity contribution >= 4 is 167 Å². The fourth-order valence-corrected chi connectivity index (χ4v) is 21.2. The number of rotatable bonds is 12. The van der Waals surface area contributed by atoms with Crippen molar-refractivity contribution in [1.29, 1.82) is 0 Å². The van der Waals surface area contributed by atoms with Gasteiger partial charge in [-0.05, 0) is 303 Å². The van der Waals surface area contributed by atoms with E-state index < -0.39 is 0 Å². The Balaban J connectivity index is 0.000000116. The van der Waals surface area contributed by atoms with Gasteiger partial charge in [0.1, 0.15) is 0 Å². The van der Waals surface area contributed by atoms with E-state index in [4.69, 9.17) is 69.6 Å². The Morgan fingerprint density at radius 2 is 0.205 bits per heavy atom. The highest BCUT2D eigenvalue weighted by molar-refractivity contribution is 6.41. The molecule has 0 unspecified atom stereocenters. The molecule has 0 atom stereocenters. The molecule has 0 nitrogen and oxygen atoms in total. The monoisotopic (exact) mass is 1800 g/mol. The van der Waals surface area contributed by atoms with E-state index in [1.165, 1.54) is 159 Å². The normalized spacial score (nSPS) is 11.4. The van der Waals surface area contributed by atoms with E-state index in [9.17, 15) is 0 Å². The third-order valence-electron chi connectivity index (χ3n) is 25.7. The molecular formula is C126H78Cl6. The van der Waals surface area contributed by atoms with Gasteiger partial charge in [0.05, 0.1) is 0 Å². The SMILES string of the molecule is Clc1ccc(-c2c3ccccc3c(-c3ccccc3)c3c(-c4ccc(Cl)cc4)c4ccccc4c(-c4ccccc4)c23)cc1.Clc1ccc(-c2c3ccccc3c(-c3ccccc3)c3c(-c4ccccc4)c4ccc(Cl)cc4c(-c4ccccc4)c23)cc1.Clc1ccc2c(-c3ccccc3)c3c(-c4ccccc4)c4cc(Cl)ccc4c(-c4ccccc4)c3c(-c3ccccc3)c2c1. The van der Waals surface area contributed by atoms with E-state index in [1.807, 2.05) is 54.6 Å². The summed E-state index contributed by atoms with van der Waals surface area (Å²) in [6.07, 6.45) is 0. The second-order valence-electron chi connectivity index (χ2n) is 33.3. The fraction of sp³-hybridized carbons (Fsp3) is 0. The predicted molar refractivity (Wildman–Crippen MR) is 572 cm³/mol. The van der Waals surface area contributed by atoms with E-state index in [-0.39, 0.29) is 0 Å². The van der Waals surface area contributed by atoms with Crippen LogP contribution in [-0.2, 0) is 0 Å². The molecule has 0 bridgehead atoms. The van der Waals surface area contributed by atoms with E-state index in [0.29, 0.717) is 20.1 Å². The third-order valence-corrected chi connectivity index (χ3v) is 27.1. The zero-order chi connectivity index (χ0) is 88.9. The topological polar surface area (TPSA) is 0 Å². The predicted octanol–water partition coefficient (Wildman–Crippen LogP) is 39.4. The minimum absolute atomic E-state index is 0.713. The van der Waals surface area contributed by atoms with Crippen molar-refractivity contribution in [3.05, 3.63) is 503 Å². The van der Waals surface area contributed by atoms with Gasteiger partial charge in [0.15, 0.2) is 0 Å². The molecule has 24 aromatic carbocycles. The van der Waals surface area contributed by atoms with E-state index >= 15 is 0 Å². The first-order valence-corrected chi connectivity index (χ1v) is 46.5. The van der Waals surface area contributed by atoms with Crippen molar-refractivity contribution in [2.24, 2.45) is 0 Å². The molecule has 24 rings (SSSR count). The zero-order valence-corrected chi connectivity index (χ0v) is 75.8. The molecule has 0 radical (unpaired) electrons. The molecular weight excluding hydrogens is 1730 g/mol. The second-order valence-corrected chi connectivity index (χ2v) is 35.9. The van der Waals surface area contributed by atoms with Crippen LogP contribution in [0.2, 0.25) is 30.1 Å². The molecule has 0 aromatic heterocycles. The van der Waals surface area contributed by atoms with Crippen LogP contribution in [0.1, 0.15) is 0 Å². The van der Waals surface area contributed by atoms with Crippen LogP contribution in [0.25, 0.3) is 230 Å². The Labute approximate surface area is 796 Å². The quantitative estimate of drug-likeness (QED) is 0.107. The summed E-state index contributed by atoms with van der Waals surface area (Å²) in [4.78, 5) is 0. The summed E-state index contributed by atoms with van der Waals surface area (Å²) in [6.45, 7) is 0. The average molecular weight is 1800 g/mol. The van der Waals surface area contributed by atoms with Gasteiger partial charge in [-0.15, -0.1) is 0 Å². The lowest BCUT2D eigenvalue weighted by Crippen LogP contribution is -1.98. The summed E-state index contributed by atoms with van der Waals surface area (Å²) < 4.78 is 0. The van der Waals surface area contributed by atoms with Gasteiger partial charge in [-0.1, -0.05) is 470 Å². The van der Waals surface area contributed by atoms with Gasteiger partial charge in [0, 0.05) is 30.1 Å². The molecule has 0 aliphatic rings. The zero-order valence-electron chi connectivity index (χ0n) is 71.3. The van der Waals surface area contributed by atoms with Crippen LogP contribution in [0.15, 0.2) is 473 Å². The summed E-state index contributed by atoms with van der Waals surface area (Å²) in [7, 11) is 0. The van der Waals surface area contributed by atoms with Crippen molar-refractivity contribution in [1.82, 2.24) is 0 Å². The molecule has 24 aromatic rings. The molecule has 0 heterocycles. The van der Waals surface area contributed by atoms with Crippen LogP contribution < -0.4 is 0 Å². The summed E-state index contributed by atoms with van der Waals surface area (Å²) in [5.41, 5.74) is 28.2. The van der Waals surface area contributed by atoms with Gasteiger partial charge < -0.3 is 0 Å². The van der Waals surface area contributed by atoms with Crippen molar-refractivity contribution in [2.75, 3.05) is 0 Å². The first-order valence-electron chi connectivity index (χ1n) is 44.2. The highest BCUT2D eigenvalue weighted by Crippen LogP contribution is 2.59. The van der Waals surface area contributed by atoms with Crippen molar-refractivity contribution < 1.29 is 0 Å². The molecule has 0 spiro atoms. The molecule has 0 fully saturated rings. The molecule has 0 saturated carbocycles. The Morgan fingerprint density at radius 3 is 0.356 bits per heavy atom. The maximum Gasteiger partial charge on any atom is 0.0412 e. The fourth-order valence-electron chi connectivity index (χ4n) is 20.3. The largest absolute Gasteiger partial charge is 0.0843 e. The maximum absolute atomic E-state index is 6.81. The average Bonchev–Trinajstić information content (AvgIpc) is 0.706. The first-order chi connectivity index (χ1) is 65.1. The highest BCUT2D eigenvalue weighted by Gasteiger charge is 2.31. The summed E-state index contributed by atoms with van der Waals surface area (Å²) in [5.74, 6) is 0. The highest BCUT2D eigenvalue weighted by atomic mass is 35.5. The number of hydrogen-bond acceptors (Lipinski definition) is 0. The molecule has 0 aliphatic heterocycles. The lowest BCUT2D eigenvalue weighted by molar-refractivity contribution is 1.63. The third kappa shape index (κ3) is 15.2. The van der Waals surface area contributed by atoms with E-state index in [1.54, 1.807) is 0 Å². The maximum atomic E-state index is 6.81. The van der Waals surface area contributed by atoms with Crippen molar-refractivity contribution in [3.63, 3.8) is 0 Å². The molecule has 6 heteroatoms. The smallest absolute Gasteiger partial charge is 0.0412 e. The van der Waals surface area contributed by atoms with E-state index in [2.05, 4.69) is 419 Å². The Hall–Kier alpha value is -14.6. The molecule has 0 saturated heterocycles. The molecule has 0 N–H and O–H groups in total. The van der Waals surface area contributed by atoms with Crippen LogP contribution >= 0.6 is 69.6 Å². The van der Waals surface area contributed by atoms with Crippen LogP contribution in [0, 0.1) is 0 Å². The molecule has 132 heavy (non-hydrogen) atoms. The lowest BCUT2D eigenvalue weighted by atomic mass is 9.77. The van der Waals surface area contributed by atoms with Gasteiger partial charge in [-0.2, -0.15) is 0 Å². The minimum Gasteiger partial charge on any atom is -0.0843 e. The molecule has 624 valence electrons. The second kappa shape index (κ2) is 36.0. The Kier molecular flexibility index (Phi) is 22.6. The Morgan fingerprint density at radius 1 is 0.0909 bits per heavy atom. The van der Waals surface area contributed by atoms with Crippen LogP contribution in [0.5, 0.6) is 0 Å². The van der Waals surface area contributed by atoms with Crippen LogP contribution in [0.3, 0.4) is 0 Å². The summed E-state index contributed by atoms with van der Waals surface area (Å²) in [5, 5.41) is 25.6. The lowest BCUT2D eigenvalue weighted by Gasteiger charge is -2.25. The van der Waals surface area contributed by atoms with Crippen molar-refractivity contribution in [3.8, 4) is 134 Å². The molecule has 0 amide bonds. The van der Waals surface area contributed by atoms with Crippen molar-refractivity contribution in [2.45, 2.75) is 0 Å². The van der Waals surface area contributed by atoms with Crippen LogP contribution in [-0.4, -0.2) is 0 Å². The summed E-state index contributed by atoms with van der Waals surface area (Å²) in [6, 6.07) is 167. The number of benzene rings is 24. The van der Waals surface area contributed by atoms with Gasteiger partial charge in [0.25, 0.3) is 0 Å². The Bertz CT molecular complexity index is 8180. The van der Waals surface area contributed by atoms with E-state index in [0.717, 1.165) is 81.5 Å². The van der Waals surface area contributed by atoms with Gasteiger partial charge in [-0.3, -0.25) is 0 Å². The number of fused-ring (bicyclic) bond motifs is 9. The molecule has 0 aliphatic carbocycles. The first kappa shape index (κ1) is 83.0. The summed E-state index contributed by atoms with van der Waals surface area (Å²) >= 11 is 39.8.